The number of aryl methyl sites for hydroxylation is 1. The van der Waals surface area contributed by atoms with Crippen molar-refractivity contribution < 1.29 is 9.59 Å². The van der Waals surface area contributed by atoms with Crippen molar-refractivity contribution in [2.45, 2.75) is 19.9 Å². The molecule has 1 heterocycles. The van der Waals surface area contributed by atoms with Crippen LogP contribution in [0.1, 0.15) is 21.5 Å². The second-order valence-electron chi connectivity index (χ2n) is 6.17. The normalized spacial score (nSPS) is 10.4. The van der Waals surface area contributed by atoms with Crippen molar-refractivity contribution in [2.24, 2.45) is 0 Å². The van der Waals surface area contributed by atoms with Gasteiger partial charge in [0, 0.05) is 32.9 Å². The van der Waals surface area contributed by atoms with Crippen LogP contribution in [0.15, 0.2) is 47.4 Å². The van der Waals surface area contributed by atoms with Gasteiger partial charge < -0.3 is 14.8 Å². The Labute approximate surface area is 147 Å². The van der Waals surface area contributed by atoms with Gasteiger partial charge in [0.2, 0.25) is 5.91 Å². The maximum atomic E-state index is 12.3. The second kappa shape index (κ2) is 8.28. The van der Waals surface area contributed by atoms with E-state index >= 15 is 0 Å². The molecule has 0 aliphatic rings. The summed E-state index contributed by atoms with van der Waals surface area (Å²) >= 11 is 0. The van der Waals surface area contributed by atoms with Crippen LogP contribution < -0.4 is 10.9 Å². The molecule has 2 aromatic rings. The van der Waals surface area contributed by atoms with Gasteiger partial charge in [0.05, 0.1) is 5.56 Å². The van der Waals surface area contributed by atoms with Crippen LogP contribution in [0.25, 0.3) is 0 Å². The molecule has 25 heavy (non-hydrogen) atoms. The van der Waals surface area contributed by atoms with Gasteiger partial charge in [-0.05, 0) is 25.0 Å². The number of carbonyl (C=O) groups excluding carboxylic acids is 2. The number of nitrogens with one attached hydrogen (secondary N) is 1. The summed E-state index contributed by atoms with van der Waals surface area (Å²) in [7, 11) is 3.24. The Balaban J connectivity index is 1.99. The summed E-state index contributed by atoms with van der Waals surface area (Å²) in [5.41, 5.74) is 2.38. The molecule has 0 spiro atoms. The molecule has 0 saturated carbocycles. The van der Waals surface area contributed by atoms with E-state index in [1.807, 2.05) is 25.1 Å². The molecule has 0 unspecified atom stereocenters. The Morgan fingerprint density at radius 1 is 1.16 bits per heavy atom. The lowest BCUT2D eigenvalue weighted by Crippen LogP contribution is -2.32. The molecule has 0 bridgehead atoms. The minimum absolute atomic E-state index is 0.0871. The first-order valence-corrected chi connectivity index (χ1v) is 8.11. The fraction of sp³-hybridized carbons (Fsp3) is 0.316. The lowest BCUT2D eigenvalue weighted by molar-refractivity contribution is -0.129. The van der Waals surface area contributed by atoms with Crippen LogP contribution in [0.3, 0.4) is 0 Å². The van der Waals surface area contributed by atoms with Crippen molar-refractivity contribution >= 4 is 11.8 Å². The number of nitrogens with zero attached hydrogens (tertiary/aromatic N) is 2. The second-order valence-corrected chi connectivity index (χ2v) is 6.17. The van der Waals surface area contributed by atoms with E-state index in [0.717, 1.165) is 12.0 Å². The topological polar surface area (TPSA) is 71.4 Å². The Morgan fingerprint density at radius 2 is 1.92 bits per heavy atom. The fourth-order valence-electron chi connectivity index (χ4n) is 2.37. The van der Waals surface area contributed by atoms with E-state index < -0.39 is 0 Å². The maximum absolute atomic E-state index is 12.3. The molecule has 0 aliphatic heterocycles. The zero-order chi connectivity index (χ0) is 18.4. The average Bonchev–Trinajstić information content (AvgIpc) is 2.56. The number of hydrogen-bond acceptors (Lipinski definition) is 3. The lowest BCUT2D eigenvalue weighted by Gasteiger charge is -2.12. The van der Waals surface area contributed by atoms with E-state index in [0.29, 0.717) is 12.1 Å². The minimum Gasteiger partial charge on any atom is -0.352 e. The summed E-state index contributed by atoms with van der Waals surface area (Å²) in [4.78, 5) is 37.3. The summed E-state index contributed by atoms with van der Waals surface area (Å²) in [6, 6.07) is 10.9. The highest BCUT2D eigenvalue weighted by molar-refractivity contribution is 5.93. The summed E-state index contributed by atoms with van der Waals surface area (Å²) in [5.74, 6) is -0.474. The number of rotatable bonds is 6. The van der Waals surface area contributed by atoms with E-state index in [1.54, 1.807) is 14.1 Å². The van der Waals surface area contributed by atoms with Crippen LogP contribution >= 0.6 is 0 Å². The Morgan fingerprint density at radius 3 is 2.60 bits per heavy atom. The van der Waals surface area contributed by atoms with Gasteiger partial charge in [-0.2, -0.15) is 0 Å². The molecule has 0 fully saturated rings. The van der Waals surface area contributed by atoms with Crippen molar-refractivity contribution in [3.8, 4) is 0 Å². The molecule has 1 aromatic carbocycles. The highest BCUT2D eigenvalue weighted by Crippen LogP contribution is 2.04. The summed E-state index contributed by atoms with van der Waals surface area (Å²) in [5, 5.41) is 2.84. The average molecular weight is 341 g/mol. The molecular formula is C19H23N3O3. The summed E-state index contributed by atoms with van der Waals surface area (Å²) in [6.07, 6.45) is 2.15. The molecule has 6 heteroatoms. The van der Waals surface area contributed by atoms with Gasteiger partial charge in [0.1, 0.15) is 6.54 Å². The molecule has 0 aliphatic carbocycles. The van der Waals surface area contributed by atoms with E-state index in [1.165, 1.54) is 33.4 Å². The standard InChI is InChI=1S/C19H23N3O3/c1-14-5-4-6-15(11-14)9-10-20-19(25)16-7-8-17(23)22(12-16)13-18(24)21(2)3/h4-8,11-12H,9-10,13H2,1-3H3,(H,20,25). The Kier molecular flexibility index (Phi) is 6.11. The van der Waals surface area contributed by atoms with Gasteiger partial charge in [0.25, 0.3) is 11.5 Å². The quantitative estimate of drug-likeness (QED) is 0.859. The zero-order valence-corrected chi connectivity index (χ0v) is 14.8. The van der Waals surface area contributed by atoms with E-state index in [-0.39, 0.29) is 23.9 Å². The van der Waals surface area contributed by atoms with Gasteiger partial charge in [-0.15, -0.1) is 0 Å². The fourth-order valence-corrected chi connectivity index (χ4v) is 2.37. The number of pyridine rings is 1. The van der Waals surface area contributed by atoms with Gasteiger partial charge >= 0.3 is 0 Å². The molecule has 0 saturated heterocycles. The molecular weight excluding hydrogens is 318 g/mol. The summed E-state index contributed by atoms with van der Waals surface area (Å²) < 4.78 is 1.25. The molecule has 0 atom stereocenters. The SMILES string of the molecule is Cc1cccc(CCNC(=O)c2ccc(=O)n(CC(=O)N(C)C)c2)c1. The molecule has 1 N–H and O–H groups in total. The highest BCUT2D eigenvalue weighted by Gasteiger charge is 2.10. The molecule has 6 nitrogen and oxygen atoms in total. The first-order valence-electron chi connectivity index (χ1n) is 8.11. The van der Waals surface area contributed by atoms with Gasteiger partial charge in [-0.3, -0.25) is 14.4 Å². The number of benzene rings is 1. The summed E-state index contributed by atoms with van der Waals surface area (Å²) in [6.45, 7) is 2.44. The van der Waals surface area contributed by atoms with Crippen molar-refractivity contribution in [3.63, 3.8) is 0 Å². The van der Waals surface area contributed by atoms with Crippen LogP contribution in [0, 0.1) is 6.92 Å². The first kappa shape index (κ1) is 18.4. The van der Waals surface area contributed by atoms with Crippen molar-refractivity contribution in [1.82, 2.24) is 14.8 Å². The zero-order valence-electron chi connectivity index (χ0n) is 14.8. The number of hydrogen-bond donors (Lipinski definition) is 1. The third-order valence-electron chi connectivity index (χ3n) is 3.83. The van der Waals surface area contributed by atoms with E-state index in [9.17, 15) is 14.4 Å². The van der Waals surface area contributed by atoms with Crippen LogP contribution in [-0.4, -0.2) is 41.9 Å². The van der Waals surface area contributed by atoms with E-state index in [2.05, 4.69) is 11.4 Å². The highest BCUT2D eigenvalue weighted by atomic mass is 16.2. The predicted molar refractivity (Wildman–Crippen MR) is 96.6 cm³/mol. The third kappa shape index (κ3) is 5.31. The van der Waals surface area contributed by atoms with Crippen molar-refractivity contribution in [3.05, 3.63) is 69.6 Å². The largest absolute Gasteiger partial charge is 0.352 e. The lowest BCUT2D eigenvalue weighted by atomic mass is 10.1. The van der Waals surface area contributed by atoms with Crippen LogP contribution in [-0.2, 0) is 17.8 Å². The minimum atomic E-state index is -0.313. The van der Waals surface area contributed by atoms with Crippen molar-refractivity contribution in [1.29, 1.82) is 0 Å². The molecule has 2 rings (SSSR count). The number of amides is 2. The molecule has 132 valence electrons. The van der Waals surface area contributed by atoms with Gasteiger partial charge in [-0.1, -0.05) is 29.8 Å². The number of carbonyl (C=O) groups is 2. The smallest absolute Gasteiger partial charge is 0.252 e. The van der Waals surface area contributed by atoms with Gasteiger partial charge in [-0.25, -0.2) is 0 Å². The Bertz CT molecular complexity index is 825. The monoisotopic (exact) mass is 341 g/mol. The number of aromatic nitrogens is 1. The van der Waals surface area contributed by atoms with Gasteiger partial charge in [0.15, 0.2) is 0 Å². The number of likely N-dealkylation sites (N-methyl/N-ethyl adjacent to an activating group) is 1. The van der Waals surface area contributed by atoms with Crippen LogP contribution in [0.5, 0.6) is 0 Å². The molecule has 0 radical (unpaired) electrons. The molecule has 1 aromatic heterocycles. The van der Waals surface area contributed by atoms with E-state index in [4.69, 9.17) is 0 Å². The van der Waals surface area contributed by atoms with Crippen LogP contribution in [0.4, 0.5) is 0 Å². The third-order valence-corrected chi connectivity index (χ3v) is 3.83. The predicted octanol–water partition coefficient (Wildman–Crippen LogP) is 1.22. The first-order chi connectivity index (χ1) is 11.9. The Hall–Kier alpha value is -2.89. The van der Waals surface area contributed by atoms with Crippen molar-refractivity contribution in [2.75, 3.05) is 20.6 Å². The van der Waals surface area contributed by atoms with Crippen LogP contribution in [0.2, 0.25) is 0 Å². The molecule has 2 amide bonds. The maximum Gasteiger partial charge on any atom is 0.252 e.